The Labute approximate surface area is 149 Å². The molecular formula is C18H26ClN3O2. The van der Waals surface area contributed by atoms with Crippen molar-refractivity contribution in [3.8, 4) is 17.2 Å². The van der Waals surface area contributed by atoms with E-state index in [0.29, 0.717) is 5.89 Å². The Bertz CT molecular complexity index is 694. The van der Waals surface area contributed by atoms with Gasteiger partial charge in [0, 0.05) is 38.3 Å². The summed E-state index contributed by atoms with van der Waals surface area (Å²) < 4.78 is 11.3. The summed E-state index contributed by atoms with van der Waals surface area (Å²) in [5.74, 6) is 2.51. The van der Waals surface area contributed by atoms with Crippen LogP contribution in [0.4, 0.5) is 0 Å². The Balaban J connectivity index is 0.00000208. The molecule has 0 unspecified atom stereocenters. The molecule has 2 heterocycles. The number of piperazine rings is 1. The highest BCUT2D eigenvalue weighted by Crippen LogP contribution is 2.31. The smallest absolute Gasteiger partial charge is 0.226 e. The summed E-state index contributed by atoms with van der Waals surface area (Å²) >= 11 is 0. The van der Waals surface area contributed by atoms with Gasteiger partial charge in [0.15, 0.2) is 0 Å². The number of rotatable bonds is 4. The number of hydrogen-bond donors (Lipinski definition) is 1. The first-order chi connectivity index (χ1) is 11.1. The Morgan fingerprint density at radius 1 is 1.17 bits per heavy atom. The van der Waals surface area contributed by atoms with E-state index in [4.69, 9.17) is 14.1 Å². The van der Waals surface area contributed by atoms with Gasteiger partial charge in [-0.2, -0.15) is 0 Å². The zero-order valence-electron chi connectivity index (χ0n) is 14.8. The van der Waals surface area contributed by atoms with Crippen LogP contribution in [0.25, 0.3) is 11.5 Å². The lowest BCUT2D eigenvalue weighted by Gasteiger charge is -2.26. The molecule has 0 aliphatic carbocycles. The van der Waals surface area contributed by atoms with Gasteiger partial charge in [-0.05, 0) is 44.0 Å². The minimum atomic E-state index is 0. The van der Waals surface area contributed by atoms with E-state index in [2.05, 4.69) is 24.1 Å². The van der Waals surface area contributed by atoms with Crippen LogP contribution >= 0.6 is 12.4 Å². The van der Waals surface area contributed by atoms with Crippen molar-refractivity contribution < 1.29 is 9.15 Å². The number of nitrogens with one attached hydrogen (secondary N) is 1. The molecule has 2 aromatic rings. The highest BCUT2D eigenvalue weighted by Gasteiger charge is 2.18. The third kappa shape index (κ3) is 3.74. The summed E-state index contributed by atoms with van der Waals surface area (Å²) in [6.45, 7) is 11.2. The normalized spacial score (nSPS) is 15.2. The van der Waals surface area contributed by atoms with Gasteiger partial charge >= 0.3 is 0 Å². The number of methoxy groups -OCH3 is 1. The van der Waals surface area contributed by atoms with Crippen molar-refractivity contribution >= 4 is 12.4 Å². The monoisotopic (exact) mass is 351 g/mol. The van der Waals surface area contributed by atoms with Gasteiger partial charge in [0.25, 0.3) is 0 Å². The van der Waals surface area contributed by atoms with E-state index in [1.54, 1.807) is 7.11 Å². The van der Waals surface area contributed by atoms with Crippen LogP contribution in [-0.4, -0.2) is 43.2 Å². The highest BCUT2D eigenvalue weighted by molar-refractivity contribution is 5.85. The molecule has 0 saturated carbocycles. The van der Waals surface area contributed by atoms with Crippen LogP contribution in [0.5, 0.6) is 5.75 Å². The van der Waals surface area contributed by atoms with Gasteiger partial charge in [-0.3, -0.25) is 4.90 Å². The van der Waals surface area contributed by atoms with Crippen molar-refractivity contribution in [2.24, 2.45) is 0 Å². The fraction of sp³-hybridized carbons (Fsp3) is 0.500. The molecule has 0 atom stereocenters. The summed E-state index contributed by atoms with van der Waals surface area (Å²) in [7, 11) is 1.70. The second-order valence-electron chi connectivity index (χ2n) is 6.11. The third-order valence-corrected chi connectivity index (χ3v) is 4.66. The lowest BCUT2D eigenvalue weighted by molar-refractivity contribution is 0.230. The first-order valence-electron chi connectivity index (χ1n) is 8.14. The minimum Gasteiger partial charge on any atom is -0.496 e. The van der Waals surface area contributed by atoms with Crippen molar-refractivity contribution in [1.29, 1.82) is 0 Å². The van der Waals surface area contributed by atoms with Crippen molar-refractivity contribution in [1.82, 2.24) is 15.2 Å². The number of aryl methyl sites for hydroxylation is 1. The second kappa shape index (κ2) is 8.01. The molecule has 1 aromatic carbocycles. The highest BCUT2D eigenvalue weighted by atomic mass is 35.5. The van der Waals surface area contributed by atoms with Crippen LogP contribution in [0.15, 0.2) is 16.5 Å². The minimum absolute atomic E-state index is 0. The molecule has 1 saturated heterocycles. The number of halogens is 1. The number of hydrogen-bond acceptors (Lipinski definition) is 5. The summed E-state index contributed by atoms with van der Waals surface area (Å²) in [5, 5.41) is 3.37. The van der Waals surface area contributed by atoms with Crippen LogP contribution in [-0.2, 0) is 6.54 Å². The molecule has 0 bridgehead atoms. The molecular weight excluding hydrogens is 326 g/mol. The van der Waals surface area contributed by atoms with Gasteiger partial charge < -0.3 is 14.5 Å². The fourth-order valence-corrected chi connectivity index (χ4v) is 3.02. The third-order valence-electron chi connectivity index (χ3n) is 4.66. The maximum absolute atomic E-state index is 5.96. The molecule has 6 heteroatoms. The Morgan fingerprint density at radius 2 is 1.88 bits per heavy atom. The molecule has 132 valence electrons. The van der Waals surface area contributed by atoms with Crippen LogP contribution in [0.2, 0.25) is 0 Å². The quantitative estimate of drug-likeness (QED) is 0.917. The molecule has 1 aromatic heterocycles. The van der Waals surface area contributed by atoms with Crippen LogP contribution in [0.1, 0.15) is 22.6 Å². The Morgan fingerprint density at radius 3 is 2.54 bits per heavy atom. The Kier molecular flexibility index (Phi) is 6.27. The van der Waals surface area contributed by atoms with Crippen LogP contribution in [0, 0.1) is 20.8 Å². The summed E-state index contributed by atoms with van der Waals surface area (Å²) in [4.78, 5) is 7.18. The molecule has 1 fully saturated rings. The summed E-state index contributed by atoms with van der Waals surface area (Å²) in [6.07, 6.45) is 0. The van der Waals surface area contributed by atoms with Gasteiger partial charge in [-0.1, -0.05) is 0 Å². The standard InChI is InChI=1S/C18H25N3O2.ClH/c1-12-13(2)17(22-4)6-5-15(12)18-20-16(14(3)23-18)11-21-9-7-19-8-10-21;/h5-6,19H,7-11H2,1-4H3;1H. The predicted octanol–water partition coefficient (Wildman–Crippen LogP) is 3.10. The number of oxazole rings is 1. The number of aromatic nitrogens is 1. The lowest BCUT2D eigenvalue weighted by Crippen LogP contribution is -2.43. The molecule has 0 spiro atoms. The van der Waals surface area contributed by atoms with Crippen LogP contribution < -0.4 is 10.1 Å². The van der Waals surface area contributed by atoms with E-state index in [-0.39, 0.29) is 12.4 Å². The number of ether oxygens (including phenoxy) is 1. The largest absolute Gasteiger partial charge is 0.496 e. The molecule has 0 radical (unpaired) electrons. The lowest BCUT2D eigenvalue weighted by atomic mass is 10.0. The van der Waals surface area contributed by atoms with Gasteiger partial charge in [0.1, 0.15) is 11.5 Å². The van der Waals surface area contributed by atoms with Crippen molar-refractivity contribution in [2.45, 2.75) is 27.3 Å². The van der Waals surface area contributed by atoms with Gasteiger partial charge in [0.2, 0.25) is 5.89 Å². The molecule has 1 N–H and O–H groups in total. The summed E-state index contributed by atoms with van der Waals surface area (Å²) in [5.41, 5.74) is 4.36. The van der Waals surface area contributed by atoms with Crippen LogP contribution in [0.3, 0.4) is 0 Å². The van der Waals surface area contributed by atoms with Gasteiger partial charge in [-0.25, -0.2) is 4.98 Å². The van der Waals surface area contributed by atoms with E-state index < -0.39 is 0 Å². The SMILES string of the molecule is COc1ccc(-c2nc(CN3CCNCC3)c(C)o2)c(C)c1C.Cl. The second-order valence-corrected chi connectivity index (χ2v) is 6.11. The van der Waals surface area contributed by atoms with Gasteiger partial charge in [0.05, 0.1) is 12.8 Å². The molecule has 1 aliphatic rings. The first-order valence-corrected chi connectivity index (χ1v) is 8.14. The number of nitrogens with zero attached hydrogens (tertiary/aromatic N) is 2. The van der Waals surface area contributed by atoms with E-state index in [1.165, 1.54) is 0 Å². The van der Waals surface area contributed by atoms with Crippen molar-refractivity contribution in [3.63, 3.8) is 0 Å². The van der Waals surface area contributed by atoms with E-state index in [9.17, 15) is 0 Å². The average molecular weight is 352 g/mol. The van der Waals surface area contributed by atoms with E-state index in [1.807, 2.05) is 19.1 Å². The number of benzene rings is 1. The molecule has 24 heavy (non-hydrogen) atoms. The zero-order valence-corrected chi connectivity index (χ0v) is 15.6. The topological polar surface area (TPSA) is 50.5 Å². The maximum Gasteiger partial charge on any atom is 0.226 e. The zero-order chi connectivity index (χ0) is 16.4. The summed E-state index contributed by atoms with van der Waals surface area (Å²) in [6, 6.07) is 4.01. The average Bonchev–Trinajstić information content (AvgIpc) is 2.91. The first kappa shape index (κ1) is 18.8. The predicted molar refractivity (Wildman–Crippen MR) is 98.1 cm³/mol. The van der Waals surface area contributed by atoms with Crippen molar-refractivity contribution in [3.05, 3.63) is 34.7 Å². The molecule has 0 amide bonds. The van der Waals surface area contributed by atoms with E-state index in [0.717, 1.165) is 66.6 Å². The maximum atomic E-state index is 5.96. The van der Waals surface area contributed by atoms with E-state index >= 15 is 0 Å². The van der Waals surface area contributed by atoms with Crippen molar-refractivity contribution in [2.75, 3.05) is 33.3 Å². The van der Waals surface area contributed by atoms with Gasteiger partial charge in [-0.15, -0.1) is 12.4 Å². The molecule has 1 aliphatic heterocycles. The molecule has 5 nitrogen and oxygen atoms in total. The fourth-order valence-electron chi connectivity index (χ4n) is 3.02. The Hall–Kier alpha value is -1.56. The molecule has 3 rings (SSSR count).